The fourth-order valence-corrected chi connectivity index (χ4v) is 2.40. The van der Waals surface area contributed by atoms with E-state index in [0.29, 0.717) is 5.82 Å². The zero-order valence-electron chi connectivity index (χ0n) is 11.5. The van der Waals surface area contributed by atoms with Crippen LogP contribution in [-0.2, 0) is 5.41 Å². The molecule has 1 N–H and O–H groups in total. The summed E-state index contributed by atoms with van der Waals surface area (Å²) >= 11 is 12.0. The van der Waals surface area contributed by atoms with Gasteiger partial charge in [0.1, 0.15) is 17.3 Å². The van der Waals surface area contributed by atoms with E-state index < -0.39 is 17.2 Å². The molecule has 2 aromatic rings. The summed E-state index contributed by atoms with van der Waals surface area (Å²) < 4.78 is 14.5. The van der Waals surface area contributed by atoms with E-state index in [1.54, 1.807) is 0 Å². The molecule has 0 unspecified atom stereocenters. The van der Waals surface area contributed by atoms with Gasteiger partial charge in [0.2, 0.25) is 0 Å². The first-order valence-electron chi connectivity index (χ1n) is 5.97. The maximum Gasteiger partial charge on any atom is 0.375 e. The average molecular weight is 332 g/mol. The maximum absolute atomic E-state index is 13.3. The zero-order valence-corrected chi connectivity index (χ0v) is 13.0. The molecular formula is C13H12Cl2FN3O2. The third-order valence-electron chi connectivity index (χ3n) is 2.66. The van der Waals surface area contributed by atoms with Crippen LogP contribution in [0.3, 0.4) is 0 Å². The Morgan fingerprint density at radius 3 is 2.24 bits per heavy atom. The summed E-state index contributed by atoms with van der Waals surface area (Å²) in [5.74, 6) is -1.88. The molecule has 0 aliphatic carbocycles. The fraction of sp³-hybridized carbons (Fsp3) is 0.308. The molecule has 8 heteroatoms. The molecule has 0 saturated carbocycles. The van der Waals surface area contributed by atoms with E-state index in [-0.39, 0.29) is 21.6 Å². The first-order valence-corrected chi connectivity index (χ1v) is 6.72. The second kappa shape index (κ2) is 5.27. The minimum atomic E-state index is -1.27. The SMILES string of the molecule is CC(C)(C)c1nc(C(=O)O)nn1-c1c(Cl)cc(F)cc1Cl. The number of carboxylic acids is 1. The van der Waals surface area contributed by atoms with E-state index in [9.17, 15) is 9.18 Å². The van der Waals surface area contributed by atoms with Gasteiger partial charge in [-0.3, -0.25) is 0 Å². The third-order valence-corrected chi connectivity index (χ3v) is 3.24. The lowest BCUT2D eigenvalue weighted by atomic mass is 9.95. The van der Waals surface area contributed by atoms with Crippen molar-refractivity contribution in [2.45, 2.75) is 26.2 Å². The van der Waals surface area contributed by atoms with Crippen LogP contribution in [0.15, 0.2) is 12.1 Å². The Morgan fingerprint density at radius 2 is 1.81 bits per heavy atom. The topological polar surface area (TPSA) is 68.0 Å². The predicted octanol–water partition coefficient (Wildman–Crippen LogP) is 3.71. The molecule has 2 rings (SSSR count). The van der Waals surface area contributed by atoms with Crippen molar-refractivity contribution in [1.29, 1.82) is 0 Å². The molecule has 1 aromatic heterocycles. The number of rotatable bonds is 2. The van der Waals surface area contributed by atoms with Crippen LogP contribution in [0.4, 0.5) is 4.39 Å². The Labute approximate surface area is 130 Å². The summed E-state index contributed by atoms with van der Waals surface area (Å²) in [5, 5.41) is 13.0. The quantitative estimate of drug-likeness (QED) is 0.910. The fourth-order valence-electron chi connectivity index (χ4n) is 1.78. The third kappa shape index (κ3) is 3.01. The molecule has 0 atom stereocenters. The Morgan fingerprint density at radius 1 is 1.29 bits per heavy atom. The van der Waals surface area contributed by atoms with Crippen LogP contribution in [-0.4, -0.2) is 25.8 Å². The zero-order chi connectivity index (χ0) is 15.9. The monoisotopic (exact) mass is 331 g/mol. The molecule has 0 bridgehead atoms. The molecule has 5 nitrogen and oxygen atoms in total. The first-order chi connectivity index (χ1) is 9.61. The van der Waals surface area contributed by atoms with Crippen molar-refractivity contribution >= 4 is 29.2 Å². The van der Waals surface area contributed by atoms with Gasteiger partial charge in [-0.05, 0) is 12.1 Å². The van der Waals surface area contributed by atoms with Gasteiger partial charge in [0.05, 0.1) is 10.0 Å². The van der Waals surface area contributed by atoms with Gasteiger partial charge in [-0.25, -0.2) is 18.9 Å². The van der Waals surface area contributed by atoms with E-state index in [4.69, 9.17) is 28.3 Å². The van der Waals surface area contributed by atoms with Gasteiger partial charge in [0, 0.05) is 5.41 Å². The van der Waals surface area contributed by atoms with Crippen LogP contribution in [0, 0.1) is 5.82 Å². The number of carboxylic acid groups (broad SMARTS) is 1. The van der Waals surface area contributed by atoms with Gasteiger partial charge >= 0.3 is 5.97 Å². The minimum Gasteiger partial charge on any atom is -0.475 e. The lowest BCUT2D eigenvalue weighted by Gasteiger charge is -2.19. The molecule has 0 radical (unpaired) electrons. The standard InChI is InChI=1S/C13H12Cl2FN3O2/c1-13(2,3)12-17-10(11(20)21)18-19(12)9-7(14)4-6(16)5-8(9)15/h4-5H,1-3H3,(H,20,21). The summed E-state index contributed by atoms with van der Waals surface area (Å²) in [5.41, 5.74) is -0.313. The first kappa shape index (κ1) is 15.7. The van der Waals surface area contributed by atoms with Crippen molar-refractivity contribution in [1.82, 2.24) is 14.8 Å². The van der Waals surface area contributed by atoms with Crippen LogP contribution >= 0.6 is 23.2 Å². The summed E-state index contributed by atoms with van der Waals surface area (Å²) in [7, 11) is 0. The van der Waals surface area contributed by atoms with Crippen molar-refractivity contribution in [2.24, 2.45) is 0 Å². The van der Waals surface area contributed by atoms with Gasteiger partial charge in [-0.2, -0.15) is 0 Å². The van der Waals surface area contributed by atoms with Crippen LogP contribution < -0.4 is 0 Å². The lowest BCUT2D eigenvalue weighted by Crippen LogP contribution is -2.19. The number of aromatic carboxylic acids is 1. The number of carbonyl (C=O) groups is 1. The molecule has 21 heavy (non-hydrogen) atoms. The smallest absolute Gasteiger partial charge is 0.375 e. The van der Waals surface area contributed by atoms with Crippen molar-refractivity contribution in [3.05, 3.63) is 39.6 Å². The molecule has 0 aliphatic heterocycles. The Balaban J connectivity index is 2.77. The summed E-state index contributed by atoms with van der Waals surface area (Å²) in [6.45, 7) is 5.51. The number of aromatic nitrogens is 3. The second-order valence-corrected chi connectivity index (χ2v) is 6.26. The van der Waals surface area contributed by atoms with Crippen molar-refractivity contribution in [2.75, 3.05) is 0 Å². The molecular weight excluding hydrogens is 320 g/mol. The van der Waals surface area contributed by atoms with E-state index in [0.717, 1.165) is 12.1 Å². The largest absolute Gasteiger partial charge is 0.475 e. The summed E-state index contributed by atoms with van der Waals surface area (Å²) in [6, 6.07) is 2.16. The highest BCUT2D eigenvalue weighted by Crippen LogP contribution is 2.32. The number of nitrogens with zero attached hydrogens (tertiary/aromatic N) is 3. The van der Waals surface area contributed by atoms with Gasteiger partial charge < -0.3 is 5.11 Å². The molecule has 112 valence electrons. The number of hydrogen-bond acceptors (Lipinski definition) is 3. The molecule has 0 spiro atoms. The van der Waals surface area contributed by atoms with E-state index in [1.165, 1.54) is 4.68 Å². The van der Waals surface area contributed by atoms with Gasteiger partial charge in [-0.1, -0.05) is 44.0 Å². The van der Waals surface area contributed by atoms with Gasteiger partial charge in [0.25, 0.3) is 5.82 Å². The normalized spacial score (nSPS) is 11.7. The highest BCUT2D eigenvalue weighted by molar-refractivity contribution is 6.37. The van der Waals surface area contributed by atoms with Gasteiger partial charge in [-0.15, -0.1) is 5.10 Å². The number of benzene rings is 1. The summed E-state index contributed by atoms with van der Waals surface area (Å²) in [4.78, 5) is 15.1. The van der Waals surface area contributed by atoms with Crippen molar-refractivity contribution < 1.29 is 14.3 Å². The van der Waals surface area contributed by atoms with E-state index in [2.05, 4.69) is 10.1 Å². The molecule has 0 fully saturated rings. The molecule has 0 amide bonds. The van der Waals surface area contributed by atoms with Crippen molar-refractivity contribution in [3.8, 4) is 5.69 Å². The highest BCUT2D eigenvalue weighted by atomic mass is 35.5. The summed E-state index contributed by atoms with van der Waals surface area (Å²) in [6.07, 6.45) is 0. The Kier molecular flexibility index (Phi) is 3.95. The highest BCUT2D eigenvalue weighted by Gasteiger charge is 2.28. The number of hydrogen-bond donors (Lipinski definition) is 1. The van der Waals surface area contributed by atoms with Gasteiger partial charge in [0.15, 0.2) is 0 Å². The van der Waals surface area contributed by atoms with Crippen LogP contribution in [0.1, 0.15) is 37.2 Å². The Hall–Kier alpha value is -1.66. The second-order valence-electron chi connectivity index (χ2n) is 5.44. The Bertz CT molecular complexity index is 700. The van der Waals surface area contributed by atoms with Crippen molar-refractivity contribution in [3.63, 3.8) is 0 Å². The molecule has 0 aliphatic rings. The van der Waals surface area contributed by atoms with Crippen LogP contribution in [0.2, 0.25) is 10.0 Å². The molecule has 0 saturated heterocycles. The minimum absolute atomic E-state index is 0.0207. The molecule has 1 aromatic carbocycles. The number of halogens is 3. The van der Waals surface area contributed by atoms with E-state index >= 15 is 0 Å². The lowest BCUT2D eigenvalue weighted by molar-refractivity contribution is 0.0683. The van der Waals surface area contributed by atoms with Crippen LogP contribution in [0.5, 0.6) is 0 Å². The molecule has 1 heterocycles. The van der Waals surface area contributed by atoms with E-state index in [1.807, 2.05) is 20.8 Å². The maximum atomic E-state index is 13.3. The predicted molar refractivity (Wildman–Crippen MR) is 77.0 cm³/mol. The van der Waals surface area contributed by atoms with Crippen LogP contribution in [0.25, 0.3) is 5.69 Å². The average Bonchev–Trinajstić information content (AvgIpc) is 2.71.